The van der Waals surface area contributed by atoms with Gasteiger partial charge >= 0.3 is 0 Å². The summed E-state index contributed by atoms with van der Waals surface area (Å²) in [5.41, 5.74) is 4.00. The first-order valence-electron chi connectivity index (χ1n) is 11.7. The Morgan fingerprint density at radius 3 is 2.34 bits per heavy atom. The summed E-state index contributed by atoms with van der Waals surface area (Å²) in [6, 6.07) is 22.0. The molecule has 0 saturated carbocycles. The molecule has 5 nitrogen and oxygen atoms in total. The van der Waals surface area contributed by atoms with Crippen molar-refractivity contribution < 1.29 is 19.4 Å². The lowest BCUT2D eigenvalue weighted by Crippen LogP contribution is -2.29. The number of amides is 1. The second kappa shape index (κ2) is 9.41. The molecule has 4 rings (SSSR count). The second-order valence-corrected chi connectivity index (χ2v) is 9.97. The Labute approximate surface area is 206 Å². The third kappa shape index (κ3) is 4.72. The van der Waals surface area contributed by atoms with Crippen LogP contribution in [-0.4, -0.2) is 28.8 Å². The number of hydrogen-bond donors (Lipinski definition) is 1. The van der Waals surface area contributed by atoms with Gasteiger partial charge in [0.05, 0.1) is 18.7 Å². The SMILES string of the molecule is COc1cccc(CN2C(=O)C(=O)/C(=C(/O)c3cc(C(C)(C)C)ccc3C)C2c2ccccc2)c1. The molecule has 1 atom stereocenters. The zero-order valence-electron chi connectivity index (χ0n) is 20.8. The van der Waals surface area contributed by atoms with Crippen LogP contribution in [-0.2, 0) is 21.5 Å². The Hall–Kier alpha value is -3.86. The molecule has 0 aromatic heterocycles. The fourth-order valence-corrected chi connectivity index (χ4v) is 4.48. The Balaban J connectivity index is 1.88. The molecule has 1 amide bonds. The molecule has 35 heavy (non-hydrogen) atoms. The molecule has 0 radical (unpaired) electrons. The van der Waals surface area contributed by atoms with Gasteiger partial charge in [0.2, 0.25) is 0 Å². The van der Waals surface area contributed by atoms with E-state index in [2.05, 4.69) is 20.8 Å². The molecular formula is C30H31NO4. The quantitative estimate of drug-likeness (QED) is 0.286. The van der Waals surface area contributed by atoms with E-state index in [4.69, 9.17) is 4.74 Å². The van der Waals surface area contributed by atoms with Crippen LogP contribution in [0, 0.1) is 6.92 Å². The molecule has 1 aliphatic rings. The van der Waals surface area contributed by atoms with Gasteiger partial charge < -0.3 is 14.7 Å². The van der Waals surface area contributed by atoms with Crippen LogP contribution in [0.25, 0.3) is 5.76 Å². The number of aliphatic hydroxyl groups is 1. The van der Waals surface area contributed by atoms with Gasteiger partial charge in [0, 0.05) is 12.1 Å². The summed E-state index contributed by atoms with van der Waals surface area (Å²) in [6.45, 7) is 8.39. The molecule has 0 spiro atoms. The minimum Gasteiger partial charge on any atom is -0.507 e. The number of aryl methyl sites for hydroxylation is 1. The van der Waals surface area contributed by atoms with Gasteiger partial charge in [-0.15, -0.1) is 0 Å². The van der Waals surface area contributed by atoms with Crippen molar-refractivity contribution in [2.75, 3.05) is 7.11 Å². The molecule has 1 aliphatic heterocycles. The summed E-state index contributed by atoms with van der Waals surface area (Å²) < 4.78 is 5.33. The second-order valence-electron chi connectivity index (χ2n) is 9.97. The molecule has 0 bridgehead atoms. The maximum Gasteiger partial charge on any atom is 0.295 e. The molecule has 3 aromatic rings. The fourth-order valence-electron chi connectivity index (χ4n) is 4.48. The zero-order valence-corrected chi connectivity index (χ0v) is 20.8. The first-order chi connectivity index (χ1) is 16.6. The van der Waals surface area contributed by atoms with Gasteiger partial charge in [-0.25, -0.2) is 0 Å². The van der Waals surface area contributed by atoms with Crippen molar-refractivity contribution >= 4 is 17.4 Å². The topological polar surface area (TPSA) is 66.8 Å². The van der Waals surface area contributed by atoms with E-state index < -0.39 is 17.7 Å². The fraction of sp³-hybridized carbons (Fsp3) is 0.267. The van der Waals surface area contributed by atoms with Gasteiger partial charge in [-0.05, 0) is 52.8 Å². The summed E-state index contributed by atoms with van der Waals surface area (Å²) in [5, 5.41) is 11.5. The average molecular weight is 470 g/mol. The number of benzene rings is 3. The van der Waals surface area contributed by atoms with Crippen LogP contribution in [0.15, 0.2) is 78.4 Å². The van der Waals surface area contributed by atoms with Crippen LogP contribution in [0.1, 0.15) is 54.6 Å². The van der Waals surface area contributed by atoms with Crippen molar-refractivity contribution in [1.29, 1.82) is 0 Å². The van der Waals surface area contributed by atoms with Crippen molar-refractivity contribution in [3.63, 3.8) is 0 Å². The number of aliphatic hydroxyl groups excluding tert-OH is 1. The van der Waals surface area contributed by atoms with Crippen molar-refractivity contribution in [2.45, 2.75) is 45.7 Å². The number of rotatable bonds is 5. The molecule has 180 valence electrons. The van der Waals surface area contributed by atoms with E-state index in [0.717, 1.165) is 22.3 Å². The monoisotopic (exact) mass is 469 g/mol. The standard InChI is InChI=1S/C30H31NO4/c1-19-14-15-22(30(2,3)4)17-24(19)27(32)25-26(21-11-7-6-8-12-21)31(29(34)28(25)33)18-20-10-9-13-23(16-20)35-5/h6-17,26,32H,18H2,1-5H3/b27-25+. The minimum absolute atomic E-state index is 0.109. The number of hydrogen-bond acceptors (Lipinski definition) is 4. The predicted molar refractivity (Wildman–Crippen MR) is 137 cm³/mol. The van der Waals surface area contributed by atoms with Crippen molar-refractivity contribution in [2.24, 2.45) is 0 Å². The molecule has 1 saturated heterocycles. The summed E-state index contributed by atoms with van der Waals surface area (Å²) in [6.07, 6.45) is 0. The molecule has 1 fully saturated rings. The van der Waals surface area contributed by atoms with Crippen molar-refractivity contribution in [3.8, 4) is 5.75 Å². The van der Waals surface area contributed by atoms with Crippen LogP contribution in [0.4, 0.5) is 0 Å². The molecule has 5 heteroatoms. The van der Waals surface area contributed by atoms with Gasteiger partial charge in [-0.2, -0.15) is 0 Å². The Morgan fingerprint density at radius 2 is 1.69 bits per heavy atom. The largest absolute Gasteiger partial charge is 0.507 e. The first-order valence-corrected chi connectivity index (χ1v) is 11.7. The van der Waals surface area contributed by atoms with E-state index in [1.165, 1.54) is 4.90 Å². The summed E-state index contributed by atoms with van der Waals surface area (Å²) in [5.74, 6) is -0.786. The Kier molecular flexibility index (Phi) is 6.53. The number of ether oxygens (including phenoxy) is 1. The lowest BCUT2D eigenvalue weighted by molar-refractivity contribution is -0.140. The molecule has 3 aromatic carbocycles. The van der Waals surface area contributed by atoms with Gasteiger partial charge in [0.25, 0.3) is 11.7 Å². The van der Waals surface area contributed by atoms with E-state index in [0.29, 0.717) is 11.3 Å². The number of methoxy groups -OCH3 is 1. The third-order valence-corrected chi connectivity index (χ3v) is 6.50. The van der Waals surface area contributed by atoms with E-state index in [-0.39, 0.29) is 23.3 Å². The average Bonchev–Trinajstić information content (AvgIpc) is 3.08. The first kappa shape index (κ1) is 24.3. The smallest absolute Gasteiger partial charge is 0.295 e. The highest BCUT2D eigenvalue weighted by Crippen LogP contribution is 2.41. The maximum absolute atomic E-state index is 13.4. The van der Waals surface area contributed by atoms with E-state index in [1.54, 1.807) is 7.11 Å². The Bertz CT molecular complexity index is 1300. The maximum atomic E-state index is 13.4. The van der Waals surface area contributed by atoms with Crippen LogP contribution >= 0.6 is 0 Å². The zero-order chi connectivity index (χ0) is 25.3. The molecule has 1 heterocycles. The minimum atomic E-state index is -0.708. The highest BCUT2D eigenvalue weighted by molar-refractivity contribution is 6.46. The summed E-state index contributed by atoms with van der Waals surface area (Å²) in [4.78, 5) is 28.2. The van der Waals surface area contributed by atoms with Gasteiger partial charge in [0.1, 0.15) is 11.5 Å². The van der Waals surface area contributed by atoms with Crippen molar-refractivity contribution in [3.05, 3.63) is 106 Å². The molecule has 1 unspecified atom stereocenters. The van der Waals surface area contributed by atoms with Crippen molar-refractivity contribution in [1.82, 2.24) is 4.90 Å². The van der Waals surface area contributed by atoms with Crippen LogP contribution in [0.2, 0.25) is 0 Å². The van der Waals surface area contributed by atoms with E-state index >= 15 is 0 Å². The Morgan fingerprint density at radius 1 is 0.971 bits per heavy atom. The lowest BCUT2D eigenvalue weighted by Gasteiger charge is -2.26. The molecule has 1 N–H and O–H groups in total. The number of likely N-dealkylation sites (tertiary alicyclic amines) is 1. The van der Waals surface area contributed by atoms with Crippen LogP contribution < -0.4 is 4.74 Å². The summed E-state index contributed by atoms with van der Waals surface area (Å²) >= 11 is 0. The number of Topliss-reactive ketones (excluding diaryl/α,β-unsaturated/α-hetero) is 1. The number of nitrogens with zero attached hydrogens (tertiary/aromatic N) is 1. The summed E-state index contributed by atoms with van der Waals surface area (Å²) in [7, 11) is 1.59. The number of carbonyl (C=O) groups excluding carboxylic acids is 2. The molecule has 0 aliphatic carbocycles. The van der Waals surface area contributed by atoms with Crippen LogP contribution in [0.3, 0.4) is 0 Å². The highest BCUT2D eigenvalue weighted by Gasteiger charge is 2.46. The van der Waals surface area contributed by atoms with Gasteiger partial charge in [-0.1, -0.05) is 75.4 Å². The normalized spacial score (nSPS) is 17.6. The van der Waals surface area contributed by atoms with E-state index in [9.17, 15) is 14.7 Å². The molecular weight excluding hydrogens is 438 g/mol. The van der Waals surface area contributed by atoms with Gasteiger partial charge in [0.15, 0.2) is 0 Å². The lowest BCUT2D eigenvalue weighted by atomic mass is 9.84. The van der Waals surface area contributed by atoms with E-state index in [1.807, 2.05) is 79.7 Å². The number of ketones is 1. The highest BCUT2D eigenvalue weighted by atomic mass is 16.5. The van der Waals surface area contributed by atoms with Crippen LogP contribution in [0.5, 0.6) is 5.75 Å². The number of carbonyl (C=O) groups is 2. The van der Waals surface area contributed by atoms with Gasteiger partial charge in [-0.3, -0.25) is 9.59 Å². The third-order valence-electron chi connectivity index (χ3n) is 6.50. The predicted octanol–water partition coefficient (Wildman–Crippen LogP) is 5.92.